The minimum absolute atomic E-state index is 0.228. The number of carbonyl (C=O) groups is 1. The van der Waals surface area contributed by atoms with E-state index in [0.29, 0.717) is 26.7 Å². The number of nitrogens with zero attached hydrogens (tertiary/aromatic N) is 1. The van der Waals surface area contributed by atoms with Gasteiger partial charge >= 0.3 is 0 Å². The molecular formula is C18H19BrCl2N2O2. The molecule has 134 valence electrons. The maximum Gasteiger partial charge on any atom is 0.261 e. The SMILES string of the molecule is CCC(Oc1cc(Cl)c(Br)c(Cl)c1)C(=O)NC(C)(C)c1ccccn1. The van der Waals surface area contributed by atoms with Crippen LogP contribution in [0.25, 0.3) is 0 Å². The lowest BCUT2D eigenvalue weighted by Crippen LogP contribution is -2.47. The fraction of sp³-hybridized carbons (Fsp3) is 0.333. The average molecular weight is 446 g/mol. The maximum atomic E-state index is 12.7. The van der Waals surface area contributed by atoms with Crippen LogP contribution in [0.4, 0.5) is 0 Å². The van der Waals surface area contributed by atoms with E-state index < -0.39 is 11.6 Å². The van der Waals surface area contributed by atoms with Crippen molar-refractivity contribution >= 4 is 45.0 Å². The van der Waals surface area contributed by atoms with Gasteiger partial charge in [-0.15, -0.1) is 0 Å². The van der Waals surface area contributed by atoms with Gasteiger partial charge in [-0.05, 0) is 48.3 Å². The lowest BCUT2D eigenvalue weighted by atomic mass is 9.99. The molecule has 25 heavy (non-hydrogen) atoms. The van der Waals surface area contributed by atoms with Gasteiger partial charge < -0.3 is 10.1 Å². The van der Waals surface area contributed by atoms with Crippen LogP contribution in [0, 0.1) is 0 Å². The van der Waals surface area contributed by atoms with E-state index in [-0.39, 0.29) is 5.91 Å². The van der Waals surface area contributed by atoms with Gasteiger partial charge in [0.1, 0.15) is 5.75 Å². The second-order valence-corrected chi connectivity index (χ2v) is 7.65. The highest BCUT2D eigenvalue weighted by molar-refractivity contribution is 9.10. The molecular weight excluding hydrogens is 427 g/mol. The number of hydrogen-bond donors (Lipinski definition) is 1. The molecule has 1 N–H and O–H groups in total. The predicted octanol–water partition coefficient (Wildman–Crippen LogP) is 5.36. The zero-order chi connectivity index (χ0) is 18.6. The molecule has 0 aliphatic rings. The number of halogens is 3. The second-order valence-electron chi connectivity index (χ2n) is 6.04. The second kappa shape index (κ2) is 8.39. The van der Waals surface area contributed by atoms with Gasteiger partial charge in [-0.3, -0.25) is 9.78 Å². The third-order valence-corrected chi connectivity index (χ3v) is 5.55. The van der Waals surface area contributed by atoms with E-state index in [1.54, 1.807) is 18.3 Å². The highest BCUT2D eigenvalue weighted by Crippen LogP contribution is 2.35. The number of nitrogens with one attached hydrogen (secondary N) is 1. The number of rotatable bonds is 6. The van der Waals surface area contributed by atoms with Crippen molar-refractivity contribution in [3.05, 3.63) is 56.7 Å². The average Bonchev–Trinajstić information content (AvgIpc) is 2.57. The van der Waals surface area contributed by atoms with Crippen molar-refractivity contribution < 1.29 is 9.53 Å². The maximum absolute atomic E-state index is 12.7. The van der Waals surface area contributed by atoms with Crippen LogP contribution in [-0.4, -0.2) is 17.0 Å². The summed E-state index contributed by atoms with van der Waals surface area (Å²) >= 11 is 15.5. The van der Waals surface area contributed by atoms with Crippen molar-refractivity contribution in [2.75, 3.05) is 0 Å². The van der Waals surface area contributed by atoms with Crippen molar-refractivity contribution in [2.45, 2.75) is 38.8 Å². The Kier molecular flexibility index (Phi) is 6.72. The summed E-state index contributed by atoms with van der Waals surface area (Å²) in [6.45, 7) is 5.67. The molecule has 0 aliphatic carbocycles. The van der Waals surface area contributed by atoms with Crippen LogP contribution in [0.15, 0.2) is 41.0 Å². The Labute approximate surface area is 166 Å². The Morgan fingerprint density at radius 3 is 2.48 bits per heavy atom. The molecule has 0 fully saturated rings. The summed E-state index contributed by atoms with van der Waals surface area (Å²) in [6.07, 6.45) is 1.52. The van der Waals surface area contributed by atoms with E-state index >= 15 is 0 Å². The smallest absolute Gasteiger partial charge is 0.261 e. The molecule has 1 unspecified atom stereocenters. The normalized spacial score (nSPS) is 12.6. The number of aromatic nitrogens is 1. The van der Waals surface area contributed by atoms with Gasteiger partial charge in [-0.25, -0.2) is 0 Å². The summed E-state index contributed by atoms with van der Waals surface area (Å²) in [5.74, 6) is 0.212. The van der Waals surface area contributed by atoms with Crippen molar-refractivity contribution in [1.29, 1.82) is 0 Å². The molecule has 2 rings (SSSR count). The molecule has 0 saturated heterocycles. The summed E-state index contributed by atoms with van der Waals surface area (Å²) in [5.41, 5.74) is 0.150. The van der Waals surface area contributed by atoms with Gasteiger partial charge in [0.15, 0.2) is 6.10 Å². The third kappa shape index (κ3) is 5.09. The topological polar surface area (TPSA) is 51.2 Å². The van der Waals surface area contributed by atoms with E-state index in [1.165, 1.54) is 0 Å². The van der Waals surface area contributed by atoms with Crippen molar-refractivity contribution in [3.63, 3.8) is 0 Å². The predicted molar refractivity (Wildman–Crippen MR) is 104 cm³/mol. The third-order valence-electron chi connectivity index (χ3n) is 3.64. The summed E-state index contributed by atoms with van der Waals surface area (Å²) in [6, 6.07) is 8.83. The first-order chi connectivity index (χ1) is 11.7. The largest absolute Gasteiger partial charge is 0.481 e. The molecule has 0 spiro atoms. The molecule has 0 saturated carbocycles. The highest BCUT2D eigenvalue weighted by atomic mass is 79.9. The van der Waals surface area contributed by atoms with Gasteiger partial charge in [0.05, 0.1) is 25.8 Å². The number of carbonyl (C=O) groups excluding carboxylic acids is 1. The van der Waals surface area contributed by atoms with Crippen LogP contribution in [0.3, 0.4) is 0 Å². The lowest BCUT2D eigenvalue weighted by molar-refractivity contribution is -0.130. The van der Waals surface area contributed by atoms with E-state index in [1.807, 2.05) is 39.0 Å². The van der Waals surface area contributed by atoms with E-state index in [9.17, 15) is 4.79 Å². The molecule has 1 aromatic carbocycles. The summed E-state index contributed by atoms with van der Waals surface area (Å²) in [4.78, 5) is 17.0. The molecule has 0 radical (unpaired) electrons. The van der Waals surface area contributed by atoms with Crippen molar-refractivity contribution in [1.82, 2.24) is 10.3 Å². The summed E-state index contributed by atoms with van der Waals surface area (Å²) in [5, 5.41) is 3.83. The fourth-order valence-electron chi connectivity index (χ4n) is 2.27. The van der Waals surface area contributed by atoms with Gasteiger partial charge in [0.2, 0.25) is 0 Å². The number of benzene rings is 1. The van der Waals surface area contributed by atoms with Crippen LogP contribution < -0.4 is 10.1 Å². The number of ether oxygens (including phenoxy) is 1. The number of pyridine rings is 1. The van der Waals surface area contributed by atoms with E-state index in [2.05, 4.69) is 26.2 Å². The van der Waals surface area contributed by atoms with Crippen LogP contribution in [0.2, 0.25) is 10.0 Å². The fourth-order valence-corrected chi connectivity index (χ4v) is 2.97. The molecule has 1 heterocycles. The van der Waals surface area contributed by atoms with Crippen molar-refractivity contribution in [3.8, 4) is 5.75 Å². The minimum Gasteiger partial charge on any atom is -0.481 e. The Bertz CT molecular complexity index is 731. The molecule has 7 heteroatoms. The molecule has 4 nitrogen and oxygen atoms in total. The molecule has 1 atom stereocenters. The minimum atomic E-state index is -0.670. The Morgan fingerprint density at radius 2 is 1.96 bits per heavy atom. The summed E-state index contributed by atoms with van der Waals surface area (Å²) in [7, 11) is 0. The zero-order valence-corrected chi connectivity index (χ0v) is 17.2. The van der Waals surface area contributed by atoms with Crippen LogP contribution in [0.1, 0.15) is 32.9 Å². The van der Waals surface area contributed by atoms with E-state index in [0.717, 1.165) is 5.69 Å². The van der Waals surface area contributed by atoms with Gasteiger partial charge in [-0.2, -0.15) is 0 Å². The van der Waals surface area contributed by atoms with E-state index in [4.69, 9.17) is 27.9 Å². The monoisotopic (exact) mass is 444 g/mol. The molecule has 1 amide bonds. The van der Waals surface area contributed by atoms with Crippen LogP contribution in [-0.2, 0) is 10.3 Å². The molecule has 2 aromatic rings. The Morgan fingerprint density at radius 1 is 1.32 bits per heavy atom. The lowest BCUT2D eigenvalue weighted by Gasteiger charge is -2.28. The van der Waals surface area contributed by atoms with Gasteiger partial charge in [0, 0.05) is 18.3 Å². The van der Waals surface area contributed by atoms with Gasteiger partial charge in [0.25, 0.3) is 5.91 Å². The van der Waals surface area contributed by atoms with Crippen molar-refractivity contribution in [2.24, 2.45) is 0 Å². The first-order valence-corrected chi connectivity index (χ1v) is 9.34. The van der Waals surface area contributed by atoms with Crippen LogP contribution in [0.5, 0.6) is 5.75 Å². The highest BCUT2D eigenvalue weighted by Gasteiger charge is 2.28. The quantitative estimate of drug-likeness (QED) is 0.608. The standard InChI is InChI=1S/C18H19BrCl2N2O2/c1-4-14(25-11-9-12(20)16(19)13(21)10-11)17(24)23-18(2,3)15-7-5-6-8-22-15/h5-10,14H,4H2,1-3H3,(H,23,24). The first kappa shape index (κ1) is 20.0. The molecule has 0 aliphatic heterocycles. The Hall–Kier alpha value is -1.30. The van der Waals surface area contributed by atoms with Gasteiger partial charge in [-0.1, -0.05) is 36.2 Å². The number of amides is 1. The molecule has 1 aromatic heterocycles. The summed E-state index contributed by atoms with van der Waals surface area (Å²) < 4.78 is 6.40. The van der Waals surface area contributed by atoms with Crippen LogP contribution >= 0.6 is 39.1 Å². The Balaban J connectivity index is 2.14. The number of hydrogen-bond acceptors (Lipinski definition) is 3. The first-order valence-electron chi connectivity index (χ1n) is 7.79. The molecule has 0 bridgehead atoms. The zero-order valence-electron chi connectivity index (χ0n) is 14.1.